The van der Waals surface area contributed by atoms with Gasteiger partial charge in [0.15, 0.2) is 0 Å². The third-order valence-electron chi connectivity index (χ3n) is 3.46. The van der Waals surface area contributed by atoms with Crippen molar-refractivity contribution in [3.63, 3.8) is 0 Å². The Balaban J connectivity index is 2.30. The van der Waals surface area contributed by atoms with E-state index in [1.54, 1.807) is 6.07 Å². The largest absolute Gasteiger partial charge is 0.357 e. The van der Waals surface area contributed by atoms with Crippen molar-refractivity contribution in [2.45, 2.75) is 26.2 Å². The van der Waals surface area contributed by atoms with Crippen molar-refractivity contribution in [2.75, 3.05) is 0 Å². The second kappa shape index (κ2) is 3.59. The van der Waals surface area contributed by atoms with Gasteiger partial charge in [-0.2, -0.15) is 0 Å². The first kappa shape index (κ1) is 10.3. The van der Waals surface area contributed by atoms with Crippen LogP contribution in [0.25, 0.3) is 10.9 Å². The van der Waals surface area contributed by atoms with Crippen molar-refractivity contribution in [3.05, 3.63) is 33.7 Å². The molecule has 0 fully saturated rings. The molecule has 1 aliphatic rings. The van der Waals surface area contributed by atoms with Gasteiger partial charge in [0.1, 0.15) is 5.82 Å². The van der Waals surface area contributed by atoms with E-state index in [-0.39, 0.29) is 5.82 Å². The lowest BCUT2D eigenvalue weighted by molar-refractivity contribution is 0.499. The zero-order valence-corrected chi connectivity index (χ0v) is 10.7. The van der Waals surface area contributed by atoms with Gasteiger partial charge < -0.3 is 4.98 Å². The SMILES string of the molecule is CC1CCc2[nH]c3c(Br)cc(F)cc3c2C1. The normalized spacial score (nSPS) is 20.1. The van der Waals surface area contributed by atoms with E-state index in [4.69, 9.17) is 0 Å². The van der Waals surface area contributed by atoms with Crippen molar-refractivity contribution >= 4 is 26.8 Å². The summed E-state index contributed by atoms with van der Waals surface area (Å²) in [6.45, 7) is 2.26. The summed E-state index contributed by atoms with van der Waals surface area (Å²) in [6.07, 6.45) is 3.37. The maximum atomic E-state index is 13.4. The third-order valence-corrected chi connectivity index (χ3v) is 4.09. The minimum Gasteiger partial charge on any atom is -0.357 e. The molecule has 2 aromatic rings. The number of rotatable bonds is 0. The third kappa shape index (κ3) is 1.49. The number of benzene rings is 1. The molecule has 0 saturated heterocycles. The van der Waals surface area contributed by atoms with Crippen molar-refractivity contribution in [3.8, 4) is 0 Å². The monoisotopic (exact) mass is 281 g/mol. The fourth-order valence-electron chi connectivity index (χ4n) is 2.62. The molecule has 1 heterocycles. The van der Waals surface area contributed by atoms with E-state index in [1.165, 1.54) is 23.7 Å². The summed E-state index contributed by atoms with van der Waals surface area (Å²) in [5, 5.41) is 1.05. The molecule has 1 unspecified atom stereocenters. The average Bonchev–Trinajstić information content (AvgIpc) is 2.57. The molecule has 1 aromatic heterocycles. The number of hydrogen-bond acceptors (Lipinski definition) is 0. The van der Waals surface area contributed by atoms with Crippen LogP contribution in [0.5, 0.6) is 0 Å². The molecule has 0 bridgehead atoms. The summed E-state index contributed by atoms with van der Waals surface area (Å²) >= 11 is 3.42. The molecule has 1 nitrogen and oxygen atoms in total. The Kier molecular flexibility index (Phi) is 2.32. The number of aromatic amines is 1. The summed E-state index contributed by atoms with van der Waals surface area (Å²) in [4.78, 5) is 3.42. The highest BCUT2D eigenvalue weighted by Crippen LogP contribution is 2.35. The lowest BCUT2D eigenvalue weighted by Crippen LogP contribution is -2.09. The van der Waals surface area contributed by atoms with Crippen LogP contribution in [0.3, 0.4) is 0 Å². The molecule has 0 saturated carbocycles. The highest BCUT2D eigenvalue weighted by molar-refractivity contribution is 9.10. The summed E-state index contributed by atoms with van der Waals surface area (Å²) in [7, 11) is 0. The van der Waals surface area contributed by atoms with Crippen LogP contribution in [0.1, 0.15) is 24.6 Å². The first-order valence-corrected chi connectivity index (χ1v) is 6.43. The van der Waals surface area contributed by atoms with Gasteiger partial charge in [-0.3, -0.25) is 0 Å². The zero-order valence-electron chi connectivity index (χ0n) is 9.11. The molecule has 1 aliphatic carbocycles. The van der Waals surface area contributed by atoms with Gasteiger partial charge in [-0.15, -0.1) is 0 Å². The Hall–Kier alpha value is -0.830. The highest BCUT2D eigenvalue weighted by atomic mass is 79.9. The lowest BCUT2D eigenvalue weighted by Gasteiger charge is -2.17. The van der Waals surface area contributed by atoms with Gasteiger partial charge in [0.2, 0.25) is 0 Å². The number of H-pyrrole nitrogens is 1. The minimum absolute atomic E-state index is 0.167. The maximum absolute atomic E-state index is 13.4. The maximum Gasteiger partial charge on any atom is 0.125 e. The predicted molar refractivity (Wildman–Crippen MR) is 67.1 cm³/mol. The summed E-state index contributed by atoms with van der Waals surface area (Å²) in [5.74, 6) is 0.535. The molecule has 1 N–H and O–H groups in total. The number of halogens is 2. The fraction of sp³-hybridized carbons (Fsp3) is 0.385. The minimum atomic E-state index is -0.167. The first-order chi connectivity index (χ1) is 7.65. The number of hydrogen-bond donors (Lipinski definition) is 1. The Bertz CT molecular complexity index is 559. The second-order valence-corrected chi connectivity index (χ2v) is 5.59. The molecule has 0 radical (unpaired) electrons. The predicted octanol–water partition coefficient (Wildman–Crippen LogP) is 4.19. The van der Waals surface area contributed by atoms with Crippen LogP contribution in [0.15, 0.2) is 16.6 Å². The summed E-state index contributed by atoms with van der Waals surface area (Å²) in [5.41, 5.74) is 3.65. The van der Waals surface area contributed by atoms with Gasteiger partial charge >= 0.3 is 0 Å². The van der Waals surface area contributed by atoms with E-state index >= 15 is 0 Å². The van der Waals surface area contributed by atoms with Crippen molar-refractivity contribution < 1.29 is 4.39 Å². The Morgan fingerprint density at radius 2 is 2.25 bits per heavy atom. The molecule has 1 atom stereocenters. The standard InChI is InChI=1S/C13H13BrFN/c1-7-2-3-12-9(4-7)10-5-8(15)6-11(14)13(10)16-12/h5-7,16H,2-4H2,1H3. The molecule has 0 aliphatic heterocycles. The zero-order chi connectivity index (χ0) is 11.3. The first-order valence-electron chi connectivity index (χ1n) is 5.63. The van der Waals surface area contributed by atoms with Crippen molar-refractivity contribution in [1.29, 1.82) is 0 Å². The molecule has 16 heavy (non-hydrogen) atoms. The van der Waals surface area contributed by atoms with Crippen LogP contribution in [0.2, 0.25) is 0 Å². The molecule has 0 amide bonds. The van der Waals surface area contributed by atoms with Crippen LogP contribution in [0.4, 0.5) is 4.39 Å². The Morgan fingerprint density at radius 3 is 3.06 bits per heavy atom. The fourth-order valence-corrected chi connectivity index (χ4v) is 3.15. The van der Waals surface area contributed by atoms with E-state index in [2.05, 4.69) is 27.8 Å². The number of aryl methyl sites for hydroxylation is 1. The van der Waals surface area contributed by atoms with Gasteiger partial charge in [0.05, 0.1) is 5.52 Å². The van der Waals surface area contributed by atoms with Gasteiger partial charge in [-0.1, -0.05) is 6.92 Å². The lowest BCUT2D eigenvalue weighted by atomic mass is 9.88. The Morgan fingerprint density at radius 1 is 1.44 bits per heavy atom. The summed E-state index contributed by atoms with van der Waals surface area (Å²) in [6, 6.07) is 3.17. The number of fused-ring (bicyclic) bond motifs is 3. The van der Waals surface area contributed by atoms with Crippen molar-refractivity contribution in [1.82, 2.24) is 4.98 Å². The van der Waals surface area contributed by atoms with Crippen LogP contribution in [-0.4, -0.2) is 4.98 Å². The van der Waals surface area contributed by atoms with Gasteiger partial charge in [-0.05, 0) is 58.8 Å². The van der Waals surface area contributed by atoms with Crippen LogP contribution in [0, 0.1) is 11.7 Å². The quantitative estimate of drug-likeness (QED) is 0.745. The van der Waals surface area contributed by atoms with Crippen LogP contribution in [-0.2, 0) is 12.8 Å². The molecule has 84 valence electrons. The number of nitrogens with one attached hydrogen (secondary N) is 1. The summed E-state index contributed by atoms with van der Waals surface area (Å²) < 4.78 is 14.2. The van der Waals surface area contributed by atoms with E-state index in [1.807, 2.05) is 0 Å². The molecular formula is C13H13BrFN. The average molecular weight is 282 g/mol. The highest BCUT2D eigenvalue weighted by Gasteiger charge is 2.20. The second-order valence-electron chi connectivity index (χ2n) is 4.74. The van der Waals surface area contributed by atoms with Crippen LogP contribution >= 0.6 is 15.9 Å². The van der Waals surface area contributed by atoms with E-state index < -0.39 is 0 Å². The van der Waals surface area contributed by atoms with Gasteiger partial charge in [-0.25, -0.2) is 4.39 Å². The van der Waals surface area contributed by atoms with Crippen molar-refractivity contribution in [2.24, 2.45) is 5.92 Å². The smallest absolute Gasteiger partial charge is 0.125 e. The van der Waals surface area contributed by atoms with E-state index in [0.717, 1.165) is 28.2 Å². The van der Waals surface area contributed by atoms with Gasteiger partial charge in [0, 0.05) is 15.6 Å². The molecule has 0 spiro atoms. The van der Waals surface area contributed by atoms with E-state index in [0.29, 0.717) is 5.92 Å². The van der Waals surface area contributed by atoms with E-state index in [9.17, 15) is 4.39 Å². The molecular weight excluding hydrogens is 269 g/mol. The van der Waals surface area contributed by atoms with Gasteiger partial charge in [0.25, 0.3) is 0 Å². The molecule has 1 aromatic carbocycles. The molecule has 3 rings (SSSR count). The Labute approximate surface area is 102 Å². The van der Waals surface area contributed by atoms with Crippen LogP contribution < -0.4 is 0 Å². The number of aromatic nitrogens is 1. The topological polar surface area (TPSA) is 15.8 Å². The molecule has 3 heteroatoms.